The van der Waals surface area contributed by atoms with Crippen LogP contribution in [-0.2, 0) is 55.9 Å². The van der Waals surface area contributed by atoms with Crippen LogP contribution in [0.3, 0.4) is 0 Å². The molecule has 0 saturated heterocycles. The number of ketones is 2. The van der Waals surface area contributed by atoms with Crippen molar-refractivity contribution in [3.05, 3.63) is 150 Å². The van der Waals surface area contributed by atoms with E-state index in [9.17, 15) is 64.2 Å². The molecule has 6 aromatic heterocycles. The summed E-state index contributed by atoms with van der Waals surface area (Å²) in [5, 5.41) is 62.2. The highest BCUT2D eigenvalue weighted by Gasteiger charge is 2.68. The van der Waals surface area contributed by atoms with Crippen LogP contribution in [0.2, 0.25) is 0 Å². The summed E-state index contributed by atoms with van der Waals surface area (Å²) in [6.45, 7) is 32.8. The number of carboxylic acid groups (broad SMARTS) is 4. The number of H-pyrrole nitrogens is 4. The average molecular weight is 1570 g/mol. The van der Waals surface area contributed by atoms with Crippen LogP contribution in [0.5, 0.6) is 0 Å². The Kier molecular flexibility index (Phi) is 22.7. The van der Waals surface area contributed by atoms with E-state index in [1.54, 1.807) is 20.8 Å². The first-order valence-corrected chi connectivity index (χ1v) is 40.4. The highest BCUT2D eigenvalue weighted by Crippen LogP contribution is 2.69. The van der Waals surface area contributed by atoms with Gasteiger partial charge < -0.3 is 60.0 Å². The molecule has 23 heteroatoms. The number of carboxylic acids is 4. The molecule has 11 atom stereocenters. The summed E-state index contributed by atoms with van der Waals surface area (Å²) in [5.41, 5.74) is 22.7. The van der Waals surface area contributed by atoms with Gasteiger partial charge in [0.2, 0.25) is 0 Å². The quantitative estimate of drug-likeness (QED) is 0.0317. The Labute approximate surface area is 669 Å². The lowest BCUT2D eigenvalue weighted by molar-refractivity contribution is -0.187. The van der Waals surface area contributed by atoms with Crippen molar-refractivity contribution in [1.29, 1.82) is 0 Å². The molecule has 115 heavy (non-hydrogen) atoms. The lowest BCUT2D eigenvalue weighted by atomic mass is 9.44. The first-order chi connectivity index (χ1) is 54.2. The van der Waals surface area contributed by atoms with Crippen LogP contribution in [0, 0.1) is 62.2 Å². The number of aryl methyl sites for hydroxylation is 6. The molecule has 23 nitrogen and oxygen atoms in total. The Hall–Kier alpha value is -10.5. The number of nitrogens with one attached hydrogen (secondary N) is 4. The predicted octanol–water partition coefficient (Wildman–Crippen LogP) is 17.9. The van der Waals surface area contributed by atoms with E-state index in [1.807, 2.05) is 124 Å². The molecule has 6 aromatic rings. The van der Waals surface area contributed by atoms with E-state index >= 15 is 0 Å². The summed E-state index contributed by atoms with van der Waals surface area (Å²) in [7, 11) is 0. The number of Topliss-reactive ketones (excluding diaryl/α,β-unsaturated/α-hetero) is 1. The lowest BCUT2D eigenvalue weighted by Gasteiger charge is -2.60. The van der Waals surface area contributed by atoms with Crippen LogP contribution in [0.1, 0.15) is 276 Å². The molecule has 10 N–H and O–H groups in total. The van der Waals surface area contributed by atoms with Crippen molar-refractivity contribution in [1.82, 2.24) is 39.9 Å². The van der Waals surface area contributed by atoms with Crippen molar-refractivity contribution >= 4 is 130 Å². The number of aliphatic hydroxyl groups is 2. The molecule has 0 spiro atoms. The Morgan fingerprint density at radius 2 is 0.896 bits per heavy atom. The fourth-order valence-electron chi connectivity index (χ4n) is 21.1. The maximum atomic E-state index is 12.8. The van der Waals surface area contributed by atoms with Gasteiger partial charge >= 0.3 is 29.8 Å². The summed E-state index contributed by atoms with van der Waals surface area (Å²) in [4.78, 5) is 120. The zero-order chi connectivity index (χ0) is 83.3. The van der Waals surface area contributed by atoms with Crippen molar-refractivity contribution in [3.63, 3.8) is 0 Å². The SMILES string of the molecule is CC(=O)O[C@]1(C(C)=O)CC[C@H]2[C@@H]3C[C@H](C)C4=CC(=O)CC[C@]4(C)[C@H]3CC[C@@]21C.CC1=C(CCC(=O)O)c2cc3[nH]c(cc4nc(cc5[nH]c(cc1n2)c(C)c5C(C)OC(C)C1=C(C)c2cc5[nH]c(cc6nc(cc7[nH]c(cc1n2)c(C)c7CCC(=O)O)C(CCC(=O)O)=C6C)c(C)c5C(C)O)C(C)=C4C(C)O)c(C)c3CCC(=O)O. The van der Waals surface area contributed by atoms with Gasteiger partial charge in [0, 0.05) is 111 Å². The molecule has 0 radical (unpaired) electrons. The van der Waals surface area contributed by atoms with Gasteiger partial charge in [-0.3, -0.25) is 33.6 Å². The van der Waals surface area contributed by atoms with Crippen LogP contribution in [-0.4, -0.2) is 130 Å². The maximum Gasteiger partial charge on any atom is 0.303 e. The summed E-state index contributed by atoms with van der Waals surface area (Å²) < 4.78 is 13.1. The largest absolute Gasteiger partial charge is 0.481 e. The zero-order valence-electron chi connectivity index (χ0n) is 69.1. The van der Waals surface area contributed by atoms with E-state index < -0.39 is 53.9 Å². The number of fused-ring (bicyclic) bond motifs is 21. The fourth-order valence-corrected chi connectivity index (χ4v) is 21.1. The standard InChI is InChI=1S/C68H74N8O11.C24H34O4/c1-29-41(13-17-61(79)80)53-28-56-44(16-20-64(85)86)32(4)48(72-56)24-59-68(36(8)52(76-59)25-58-65(37(9)77)33(5)49(73-58)21-45(29)69-53)40(12)87-39(11)67-35(7)50-22-46-30(2)42(14-18-62(81)82)54(70-46)27-55-43(15-19-63(83)84)31(3)47(71-55)23-57-66(38(10)78)34(6)51(74-57)26-60(67)75-50;1-14-12-18-19(22(4)9-6-17(27)13-21(14)22)7-10-23(5)20(18)8-11-24(23,15(2)25)28-16(3)26/h21-28,37-40,71-73,75,77-78H,13-20H2,1-12H3,(H,79,80)(H,81,82)(H,83,84)(H,85,86);13-14,18-20H,6-12H2,1-5H3/t;14-,18+,19-,20-,22+,23-,24-/m.0/s1. The first kappa shape index (κ1) is 82.5. The van der Waals surface area contributed by atoms with Crippen LogP contribution in [0.25, 0.3) is 88.7 Å². The average Bonchev–Trinajstić information content (AvgIpc) is 1.62. The molecule has 8 aliphatic rings. The summed E-state index contributed by atoms with van der Waals surface area (Å²) in [6.07, 6.45) is 5.47. The highest BCUT2D eigenvalue weighted by atomic mass is 16.6. The fraction of sp³-hybridized carbons (Fsp3) is 0.467. The van der Waals surface area contributed by atoms with Gasteiger partial charge in [0.15, 0.2) is 17.2 Å². The Morgan fingerprint density at radius 1 is 0.487 bits per heavy atom. The van der Waals surface area contributed by atoms with E-state index in [1.165, 1.54) is 12.5 Å². The number of allylic oxidation sites excluding steroid dienone is 7. The molecule has 10 heterocycles. The van der Waals surface area contributed by atoms with Gasteiger partial charge in [-0.05, 0) is 305 Å². The van der Waals surface area contributed by atoms with Gasteiger partial charge in [-0.2, -0.15) is 0 Å². The molecule has 0 amide bonds. The third-order valence-electron chi connectivity index (χ3n) is 27.0. The van der Waals surface area contributed by atoms with Gasteiger partial charge in [-0.1, -0.05) is 26.3 Å². The number of aliphatic hydroxyl groups excluding tert-OH is 2. The van der Waals surface area contributed by atoms with Crippen molar-refractivity contribution in [2.75, 3.05) is 0 Å². The van der Waals surface area contributed by atoms with Crippen LogP contribution < -0.4 is 0 Å². The number of carbonyl (C=O) groups excluding carboxylic acids is 3. The molecule has 4 aliphatic heterocycles. The third kappa shape index (κ3) is 15.1. The van der Waals surface area contributed by atoms with Crippen molar-refractivity contribution in [2.24, 2.45) is 34.5 Å². The summed E-state index contributed by atoms with van der Waals surface area (Å²) in [6, 6.07) is 15.3. The van der Waals surface area contributed by atoms with Crippen molar-refractivity contribution in [3.8, 4) is 0 Å². The maximum absolute atomic E-state index is 12.8. The number of hydrogen-bond donors (Lipinski definition) is 10. The van der Waals surface area contributed by atoms with Crippen LogP contribution in [0.15, 0.2) is 60.2 Å². The van der Waals surface area contributed by atoms with Gasteiger partial charge in [-0.25, -0.2) is 19.9 Å². The molecule has 16 bridgehead atoms. The molecule has 3 saturated carbocycles. The number of aliphatic carboxylic acids is 4. The molecule has 3 fully saturated rings. The molecular formula is C92H108N8O15. The molecule has 14 rings (SSSR count). The normalized spacial score (nSPS) is 22.9. The molecule has 0 aromatic carbocycles. The number of aromatic amines is 4. The van der Waals surface area contributed by atoms with E-state index in [2.05, 4.69) is 40.7 Å². The number of rotatable bonds is 20. The minimum Gasteiger partial charge on any atom is -0.481 e. The van der Waals surface area contributed by atoms with Crippen molar-refractivity contribution in [2.45, 2.75) is 244 Å². The Morgan fingerprint density at radius 3 is 1.37 bits per heavy atom. The number of ether oxygens (including phenoxy) is 2. The highest BCUT2D eigenvalue weighted by molar-refractivity contribution is 5.99. The van der Waals surface area contributed by atoms with Gasteiger partial charge in [0.25, 0.3) is 0 Å². The summed E-state index contributed by atoms with van der Waals surface area (Å²) in [5.74, 6) is -1.99. The predicted molar refractivity (Wildman–Crippen MR) is 444 cm³/mol. The van der Waals surface area contributed by atoms with E-state index in [0.29, 0.717) is 137 Å². The first-order valence-electron chi connectivity index (χ1n) is 40.4. The topological polar surface area (TPSA) is 374 Å². The number of nitrogens with zero attached hydrogens (tertiary/aromatic N) is 4. The van der Waals surface area contributed by atoms with E-state index in [0.717, 1.165) is 110 Å². The number of carbonyl (C=O) groups is 7. The summed E-state index contributed by atoms with van der Waals surface area (Å²) >= 11 is 0. The second-order valence-corrected chi connectivity index (χ2v) is 33.9. The molecule has 4 unspecified atom stereocenters. The number of aromatic nitrogens is 8. The number of hydrogen-bond acceptors (Lipinski definition) is 15. The number of esters is 1. The van der Waals surface area contributed by atoms with Crippen molar-refractivity contribution < 1.29 is 73.7 Å². The van der Waals surface area contributed by atoms with Crippen LogP contribution >= 0.6 is 0 Å². The molecule has 4 aliphatic carbocycles. The monoisotopic (exact) mass is 1560 g/mol. The van der Waals surface area contributed by atoms with Crippen LogP contribution in [0.4, 0.5) is 0 Å². The second-order valence-electron chi connectivity index (χ2n) is 33.9. The molecule has 606 valence electrons. The Bertz CT molecular complexity index is 5670. The zero-order valence-corrected chi connectivity index (χ0v) is 69.1. The lowest BCUT2D eigenvalue weighted by Crippen LogP contribution is -2.59. The minimum atomic E-state index is -0.961. The molecular weight excluding hydrogens is 1460 g/mol. The van der Waals surface area contributed by atoms with Gasteiger partial charge in [-0.15, -0.1) is 0 Å². The third-order valence-corrected chi connectivity index (χ3v) is 27.0. The smallest absolute Gasteiger partial charge is 0.303 e. The van der Waals surface area contributed by atoms with Gasteiger partial charge in [0.05, 0.1) is 70.0 Å². The van der Waals surface area contributed by atoms with E-state index in [-0.39, 0.29) is 79.7 Å². The minimum absolute atomic E-state index is 0.00469. The second kappa shape index (κ2) is 31.6. The van der Waals surface area contributed by atoms with E-state index in [4.69, 9.17) is 29.4 Å². The van der Waals surface area contributed by atoms with Gasteiger partial charge in [0.1, 0.15) is 0 Å². The Balaban J connectivity index is 0.000000343.